The third kappa shape index (κ3) is 1.61. The Kier molecular flexibility index (Phi) is 2.54. The monoisotopic (exact) mass is 357 g/mol. The molecule has 0 N–H and O–H groups in total. The molecule has 0 saturated heterocycles. The summed E-state index contributed by atoms with van der Waals surface area (Å²) in [6, 6.07) is 28.4. The third-order valence-corrected chi connectivity index (χ3v) is 6.31. The lowest BCUT2D eigenvalue weighted by Gasteiger charge is -2.32. The highest BCUT2D eigenvalue weighted by Gasteiger charge is 2.39. The van der Waals surface area contributed by atoms with Crippen molar-refractivity contribution in [3.63, 3.8) is 0 Å². The number of benzene rings is 4. The van der Waals surface area contributed by atoms with Gasteiger partial charge in [-0.15, -0.1) is 0 Å². The minimum atomic E-state index is 0.206. The van der Waals surface area contributed by atoms with E-state index in [1.54, 1.807) is 0 Å². The molecule has 0 amide bonds. The van der Waals surface area contributed by atoms with Gasteiger partial charge in [0.15, 0.2) is 0 Å². The quantitative estimate of drug-likeness (QED) is 0.374. The number of aromatic nitrogens is 1. The molecule has 0 radical (unpaired) electrons. The van der Waals surface area contributed by atoms with Crippen LogP contribution in [0.5, 0.6) is 11.5 Å². The molecular weight excluding hydrogens is 341 g/mol. The molecule has 0 saturated carbocycles. The molecule has 0 fully saturated rings. The highest BCUT2D eigenvalue weighted by atomic mass is 16.5. The van der Waals surface area contributed by atoms with E-state index in [0.717, 1.165) is 11.5 Å². The number of ether oxygens (including phenoxy) is 1. The summed E-state index contributed by atoms with van der Waals surface area (Å²) in [5, 5.41) is 2.61. The highest BCUT2D eigenvalue weighted by Crippen LogP contribution is 2.38. The van der Waals surface area contributed by atoms with E-state index in [9.17, 15) is 0 Å². The van der Waals surface area contributed by atoms with E-state index in [0.29, 0.717) is 0 Å². The minimum Gasteiger partial charge on any atom is -0.458 e. The predicted octanol–water partition coefficient (Wildman–Crippen LogP) is 4.03. The van der Waals surface area contributed by atoms with Crippen molar-refractivity contribution >= 4 is 44.9 Å². The van der Waals surface area contributed by atoms with Crippen molar-refractivity contribution in [2.75, 3.05) is 0 Å². The van der Waals surface area contributed by atoms with Crippen LogP contribution in [0, 0.1) is 6.92 Å². The van der Waals surface area contributed by atoms with Crippen molar-refractivity contribution in [1.82, 2.24) is 4.57 Å². The average Bonchev–Trinajstić information content (AvgIpc) is 3.06. The van der Waals surface area contributed by atoms with Crippen molar-refractivity contribution in [2.45, 2.75) is 6.92 Å². The van der Waals surface area contributed by atoms with Crippen LogP contribution in [0.15, 0.2) is 78.9 Å². The van der Waals surface area contributed by atoms with Gasteiger partial charge in [-0.25, -0.2) is 0 Å². The fourth-order valence-corrected chi connectivity index (χ4v) is 5.19. The molecule has 130 valence electrons. The van der Waals surface area contributed by atoms with E-state index in [1.165, 1.54) is 49.4 Å². The van der Waals surface area contributed by atoms with Crippen molar-refractivity contribution in [1.29, 1.82) is 0 Å². The first-order chi connectivity index (χ1) is 13.8. The van der Waals surface area contributed by atoms with Gasteiger partial charge in [0.1, 0.15) is 11.5 Å². The van der Waals surface area contributed by atoms with E-state index < -0.39 is 0 Å². The molecule has 0 atom stereocenters. The lowest BCUT2D eigenvalue weighted by atomic mass is 9.34. The normalized spacial score (nSPS) is 13.4. The molecule has 5 aromatic rings. The van der Waals surface area contributed by atoms with Gasteiger partial charge in [-0.3, -0.25) is 0 Å². The minimum absolute atomic E-state index is 0.206. The smallest absolute Gasteiger partial charge is 0.256 e. The molecule has 4 aromatic carbocycles. The Hall–Kier alpha value is -3.46. The standard InChI is InChI=1S/C25H16BNO/c1-15-10-11-16-17-12-13-23-24-25(17)27(21(16)14-15)20-8-4-2-6-18(20)26(24)19-7-3-5-9-22(19)28-23/h2-14H,1H3. The second-order valence-corrected chi connectivity index (χ2v) is 7.86. The van der Waals surface area contributed by atoms with Crippen LogP contribution in [-0.2, 0) is 0 Å². The molecule has 0 bridgehead atoms. The molecule has 28 heavy (non-hydrogen) atoms. The summed E-state index contributed by atoms with van der Waals surface area (Å²) in [6.45, 7) is 2.37. The lowest BCUT2D eigenvalue weighted by molar-refractivity contribution is 0.488. The molecule has 0 spiro atoms. The number of hydrogen-bond donors (Lipinski definition) is 0. The molecule has 0 aliphatic carbocycles. The molecule has 1 aromatic heterocycles. The van der Waals surface area contributed by atoms with E-state index in [1.807, 2.05) is 0 Å². The van der Waals surface area contributed by atoms with Crippen molar-refractivity contribution < 1.29 is 4.74 Å². The molecule has 3 heteroatoms. The second-order valence-electron chi connectivity index (χ2n) is 7.86. The number of hydrogen-bond acceptors (Lipinski definition) is 1. The van der Waals surface area contributed by atoms with Crippen LogP contribution in [-0.4, -0.2) is 11.3 Å². The Labute approximate surface area is 163 Å². The van der Waals surface area contributed by atoms with Crippen LogP contribution in [0.25, 0.3) is 27.5 Å². The molecule has 2 nitrogen and oxygen atoms in total. The Morgan fingerprint density at radius 2 is 1.54 bits per heavy atom. The highest BCUT2D eigenvalue weighted by molar-refractivity contribution is 6.99. The van der Waals surface area contributed by atoms with Crippen LogP contribution >= 0.6 is 0 Å². The van der Waals surface area contributed by atoms with Crippen molar-refractivity contribution in [2.24, 2.45) is 0 Å². The molecule has 2 aliphatic rings. The SMILES string of the molecule is Cc1ccc2c3ccc4c5c3n(c2c1)-c1ccccc1B5c1ccccc1O4. The first-order valence-corrected chi connectivity index (χ1v) is 9.75. The van der Waals surface area contributed by atoms with Gasteiger partial charge in [0.2, 0.25) is 0 Å². The maximum absolute atomic E-state index is 6.37. The first-order valence-electron chi connectivity index (χ1n) is 9.75. The van der Waals surface area contributed by atoms with Gasteiger partial charge in [-0.1, -0.05) is 48.5 Å². The van der Waals surface area contributed by atoms with Crippen molar-refractivity contribution in [3.05, 3.63) is 84.4 Å². The maximum atomic E-state index is 6.37. The Bertz CT molecular complexity index is 1460. The zero-order valence-corrected chi connectivity index (χ0v) is 15.4. The van der Waals surface area contributed by atoms with Gasteiger partial charge < -0.3 is 9.30 Å². The van der Waals surface area contributed by atoms with E-state index in [-0.39, 0.29) is 6.71 Å². The van der Waals surface area contributed by atoms with Crippen LogP contribution in [0.1, 0.15) is 5.56 Å². The summed E-state index contributed by atoms with van der Waals surface area (Å²) in [6.07, 6.45) is 0. The predicted molar refractivity (Wildman–Crippen MR) is 117 cm³/mol. The fourth-order valence-electron chi connectivity index (χ4n) is 5.19. The van der Waals surface area contributed by atoms with Crippen LogP contribution in [0.2, 0.25) is 0 Å². The van der Waals surface area contributed by atoms with Crippen LogP contribution in [0.3, 0.4) is 0 Å². The molecule has 2 aliphatic heterocycles. The zero-order chi connectivity index (χ0) is 18.4. The Balaban J connectivity index is 1.76. The van der Waals surface area contributed by atoms with Crippen molar-refractivity contribution in [3.8, 4) is 17.2 Å². The number of aryl methyl sites for hydroxylation is 1. The first kappa shape index (κ1) is 14.6. The van der Waals surface area contributed by atoms with Gasteiger partial charge in [0, 0.05) is 16.5 Å². The van der Waals surface area contributed by atoms with E-state index >= 15 is 0 Å². The van der Waals surface area contributed by atoms with Crippen LogP contribution < -0.4 is 21.1 Å². The summed E-state index contributed by atoms with van der Waals surface area (Å²) in [5.41, 5.74) is 9.01. The van der Waals surface area contributed by atoms with Gasteiger partial charge in [-0.05, 0) is 59.2 Å². The summed E-state index contributed by atoms with van der Waals surface area (Å²) < 4.78 is 8.81. The largest absolute Gasteiger partial charge is 0.458 e. The number of para-hydroxylation sites is 2. The van der Waals surface area contributed by atoms with Gasteiger partial charge in [0.25, 0.3) is 6.71 Å². The molecule has 0 unspecified atom stereocenters. The van der Waals surface area contributed by atoms with Gasteiger partial charge >= 0.3 is 0 Å². The Morgan fingerprint density at radius 3 is 2.46 bits per heavy atom. The summed E-state index contributed by atoms with van der Waals surface area (Å²) in [5.74, 6) is 1.95. The Morgan fingerprint density at radius 1 is 0.750 bits per heavy atom. The van der Waals surface area contributed by atoms with E-state index in [4.69, 9.17) is 4.74 Å². The van der Waals surface area contributed by atoms with Crippen LogP contribution in [0.4, 0.5) is 0 Å². The molecular formula is C25H16BNO. The summed E-state index contributed by atoms with van der Waals surface area (Å²) in [4.78, 5) is 0. The fraction of sp³-hybridized carbons (Fsp3) is 0.0400. The lowest BCUT2D eigenvalue weighted by Crippen LogP contribution is -2.58. The molecule has 7 rings (SSSR count). The number of fused-ring (bicyclic) bond motifs is 8. The topological polar surface area (TPSA) is 14.2 Å². The van der Waals surface area contributed by atoms with E-state index in [2.05, 4.69) is 90.4 Å². The van der Waals surface area contributed by atoms with Gasteiger partial charge in [-0.2, -0.15) is 0 Å². The average molecular weight is 357 g/mol. The van der Waals surface area contributed by atoms with Gasteiger partial charge in [0.05, 0.1) is 11.0 Å². The maximum Gasteiger partial charge on any atom is 0.256 e. The summed E-state index contributed by atoms with van der Waals surface area (Å²) in [7, 11) is 0. The molecule has 3 heterocycles. The second kappa shape index (κ2) is 4.88. The zero-order valence-electron chi connectivity index (χ0n) is 15.4. The number of rotatable bonds is 0. The number of nitrogens with zero attached hydrogens (tertiary/aromatic N) is 1. The third-order valence-electron chi connectivity index (χ3n) is 6.31. The summed E-state index contributed by atoms with van der Waals surface area (Å²) >= 11 is 0.